The Morgan fingerprint density at radius 3 is 2.65 bits per heavy atom. The molecule has 0 aliphatic heterocycles. The molecule has 0 aromatic heterocycles. The average Bonchev–Trinajstić information content (AvgIpc) is 2.32. The Labute approximate surface area is 97.6 Å². The normalized spacial score (nSPS) is 8.65. The fourth-order valence-corrected chi connectivity index (χ4v) is 1.22. The van der Waals surface area contributed by atoms with Crippen LogP contribution in [0.15, 0.2) is 30.0 Å². The Balaban J connectivity index is 3.07. The number of hydrogen-bond donors (Lipinski definition) is 1. The van der Waals surface area contributed by atoms with Crippen LogP contribution in [-0.4, -0.2) is 4.92 Å². The van der Waals surface area contributed by atoms with Crippen molar-refractivity contribution in [1.82, 2.24) is 0 Å². The highest BCUT2D eigenvalue weighted by Gasteiger charge is 2.12. The number of nitro groups is 1. The molecule has 0 saturated heterocycles. The highest BCUT2D eigenvalue weighted by molar-refractivity contribution is 5.61. The van der Waals surface area contributed by atoms with E-state index in [4.69, 9.17) is 10.5 Å². The summed E-state index contributed by atoms with van der Waals surface area (Å²) in [5.41, 5.74) is 0.820. The number of hydrogen-bond acceptors (Lipinski definition) is 5. The molecule has 6 nitrogen and oxygen atoms in total. The van der Waals surface area contributed by atoms with Gasteiger partial charge in [0, 0.05) is 18.0 Å². The molecule has 0 heterocycles. The summed E-state index contributed by atoms with van der Waals surface area (Å²) in [6.45, 7) is 1.59. The number of nitro benzene ring substituents is 1. The van der Waals surface area contributed by atoms with E-state index in [0.29, 0.717) is 11.3 Å². The van der Waals surface area contributed by atoms with Crippen LogP contribution in [0.25, 0.3) is 0 Å². The summed E-state index contributed by atoms with van der Waals surface area (Å²) < 4.78 is 0. The quantitative estimate of drug-likeness (QED) is 0.485. The lowest BCUT2D eigenvalue weighted by Gasteiger charge is -2.05. The number of rotatable bonds is 3. The first kappa shape index (κ1) is 12.2. The third-order valence-corrected chi connectivity index (χ3v) is 2.11. The Morgan fingerprint density at radius 1 is 1.47 bits per heavy atom. The van der Waals surface area contributed by atoms with E-state index in [1.165, 1.54) is 18.3 Å². The number of benzene rings is 1. The summed E-state index contributed by atoms with van der Waals surface area (Å²) in [4.78, 5) is 10.2. The second kappa shape index (κ2) is 5.29. The lowest BCUT2D eigenvalue weighted by molar-refractivity contribution is -0.385. The summed E-state index contributed by atoms with van der Waals surface area (Å²) in [5, 5.41) is 30.4. The van der Waals surface area contributed by atoms with Crippen LogP contribution < -0.4 is 5.32 Å². The fraction of sp³-hybridized carbons (Fsp3) is 0.0909. The van der Waals surface area contributed by atoms with Crippen molar-refractivity contribution in [3.63, 3.8) is 0 Å². The minimum absolute atomic E-state index is 0.0149. The van der Waals surface area contributed by atoms with E-state index >= 15 is 0 Å². The molecule has 1 aromatic rings. The van der Waals surface area contributed by atoms with E-state index < -0.39 is 4.92 Å². The Kier molecular flexibility index (Phi) is 3.80. The van der Waals surface area contributed by atoms with Crippen LogP contribution in [0, 0.1) is 39.7 Å². The lowest BCUT2D eigenvalue weighted by Crippen LogP contribution is -1.97. The summed E-state index contributed by atoms with van der Waals surface area (Å²) >= 11 is 0. The van der Waals surface area contributed by atoms with Gasteiger partial charge >= 0.3 is 0 Å². The highest BCUT2D eigenvalue weighted by Crippen LogP contribution is 2.24. The smallest absolute Gasteiger partial charge is 0.274 e. The van der Waals surface area contributed by atoms with Crippen LogP contribution in [0.1, 0.15) is 5.56 Å². The molecule has 0 spiro atoms. The van der Waals surface area contributed by atoms with Crippen molar-refractivity contribution in [1.29, 1.82) is 10.5 Å². The van der Waals surface area contributed by atoms with Crippen molar-refractivity contribution >= 4 is 11.4 Å². The van der Waals surface area contributed by atoms with E-state index in [9.17, 15) is 10.1 Å². The van der Waals surface area contributed by atoms with Gasteiger partial charge in [-0.25, -0.2) is 0 Å². The van der Waals surface area contributed by atoms with E-state index in [1.54, 1.807) is 25.1 Å². The van der Waals surface area contributed by atoms with Crippen LogP contribution in [0.5, 0.6) is 0 Å². The summed E-state index contributed by atoms with van der Waals surface area (Å²) in [5.74, 6) is 0. The van der Waals surface area contributed by atoms with E-state index in [-0.39, 0.29) is 11.3 Å². The molecular weight excluding hydrogens is 220 g/mol. The third kappa shape index (κ3) is 2.80. The van der Waals surface area contributed by atoms with Crippen LogP contribution in [0.2, 0.25) is 0 Å². The maximum absolute atomic E-state index is 10.7. The van der Waals surface area contributed by atoms with Gasteiger partial charge in [0.25, 0.3) is 5.69 Å². The number of nitrogens with one attached hydrogen (secondary N) is 1. The van der Waals surface area contributed by atoms with Gasteiger partial charge in [0.15, 0.2) is 0 Å². The van der Waals surface area contributed by atoms with Crippen LogP contribution in [0.4, 0.5) is 11.4 Å². The predicted molar refractivity (Wildman–Crippen MR) is 60.8 cm³/mol. The highest BCUT2D eigenvalue weighted by atomic mass is 16.6. The molecule has 0 unspecified atom stereocenters. The molecule has 0 radical (unpaired) electrons. The molecule has 1 aromatic carbocycles. The zero-order valence-electron chi connectivity index (χ0n) is 8.97. The first-order valence-electron chi connectivity index (χ1n) is 4.61. The molecule has 0 amide bonds. The van der Waals surface area contributed by atoms with Gasteiger partial charge in [0.05, 0.1) is 10.5 Å². The Hall–Kier alpha value is -2.86. The first-order valence-corrected chi connectivity index (χ1v) is 4.61. The van der Waals surface area contributed by atoms with Crippen molar-refractivity contribution in [2.45, 2.75) is 6.92 Å². The van der Waals surface area contributed by atoms with Gasteiger partial charge in [-0.05, 0) is 13.0 Å². The van der Waals surface area contributed by atoms with Crippen molar-refractivity contribution in [2.24, 2.45) is 0 Å². The van der Waals surface area contributed by atoms with Gasteiger partial charge in [0.2, 0.25) is 0 Å². The number of allylic oxidation sites excluding steroid dienone is 1. The number of nitriles is 2. The molecule has 17 heavy (non-hydrogen) atoms. The zero-order valence-corrected chi connectivity index (χ0v) is 8.97. The fourth-order valence-electron chi connectivity index (χ4n) is 1.22. The van der Waals surface area contributed by atoms with Gasteiger partial charge in [0.1, 0.15) is 17.7 Å². The molecule has 0 aliphatic carbocycles. The lowest BCUT2D eigenvalue weighted by atomic mass is 10.1. The maximum atomic E-state index is 10.7. The topological polar surface area (TPSA) is 103 Å². The van der Waals surface area contributed by atoms with Crippen LogP contribution in [-0.2, 0) is 0 Å². The Bertz CT molecular complexity index is 548. The average molecular weight is 228 g/mol. The van der Waals surface area contributed by atoms with E-state index in [1.807, 2.05) is 0 Å². The minimum Gasteiger partial charge on any atom is -0.359 e. The number of anilines is 1. The Morgan fingerprint density at radius 2 is 2.12 bits per heavy atom. The van der Waals surface area contributed by atoms with Crippen molar-refractivity contribution < 1.29 is 4.92 Å². The minimum atomic E-state index is -0.486. The molecule has 84 valence electrons. The molecule has 1 rings (SSSR count). The molecule has 6 heteroatoms. The van der Waals surface area contributed by atoms with E-state index in [0.717, 1.165) is 0 Å². The van der Waals surface area contributed by atoms with Crippen molar-refractivity contribution in [3.8, 4) is 12.1 Å². The predicted octanol–water partition coefficient (Wildman–Crippen LogP) is 2.25. The molecule has 0 fully saturated rings. The van der Waals surface area contributed by atoms with Gasteiger partial charge in [-0.15, -0.1) is 0 Å². The molecule has 1 N–H and O–H groups in total. The molecule has 0 bridgehead atoms. The van der Waals surface area contributed by atoms with Gasteiger partial charge in [-0.3, -0.25) is 10.1 Å². The second-order valence-corrected chi connectivity index (χ2v) is 3.13. The SMILES string of the molecule is Cc1c(NC=C(C#N)C#N)cccc1[N+](=O)[O-]. The van der Waals surface area contributed by atoms with Crippen LogP contribution in [0.3, 0.4) is 0 Å². The standard InChI is InChI=1S/C11H8N4O2/c1-8-10(14-7-9(5-12)6-13)3-2-4-11(8)15(16)17/h2-4,7,14H,1H3. The maximum Gasteiger partial charge on any atom is 0.274 e. The second-order valence-electron chi connectivity index (χ2n) is 3.13. The molecule has 0 atom stereocenters. The van der Waals surface area contributed by atoms with E-state index in [2.05, 4.69) is 5.32 Å². The molecular formula is C11H8N4O2. The summed E-state index contributed by atoms with van der Waals surface area (Å²) in [6, 6.07) is 7.91. The third-order valence-electron chi connectivity index (χ3n) is 2.11. The molecule has 0 saturated carbocycles. The zero-order chi connectivity index (χ0) is 12.8. The first-order chi connectivity index (χ1) is 8.10. The van der Waals surface area contributed by atoms with Crippen LogP contribution >= 0.6 is 0 Å². The largest absolute Gasteiger partial charge is 0.359 e. The van der Waals surface area contributed by atoms with Gasteiger partial charge in [-0.1, -0.05) is 6.07 Å². The molecule has 0 aliphatic rings. The van der Waals surface area contributed by atoms with Gasteiger partial charge in [-0.2, -0.15) is 10.5 Å². The van der Waals surface area contributed by atoms with Gasteiger partial charge < -0.3 is 5.32 Å². The summed E-state index contributed by atoms with van der Waals surface area (Å²) in [7, 11) is 0. The number of nitrogens with zero attached hydrogens (tertiary/aromatic N) is 3. The van der Waals surface area contributed by atoms with Crippen molar-refractivity contribution in [2.75, 3.05) is 5.32 Å². The van der Waals surface area contributed by atoms with Crippen molar-refractivity contribution in [3.05, 3.63) is 45.6 Å². The summed E-state index contributed by atoms with van der Waals surface area (Å²) in [6.07, 6.45) is 1.21. The monoisotopic (exact) mass is 228 g/mol.